The van der Waals surface area contributed by atoms with Crippen LogP contribution in [0.5, 0.6) is 0 Å². The van der Waals surface area contributed by atoms with Crippen molar-refractivity contribution in [2.24, 2.45) is 0 Å². The molecule has 104 valence electrons. The summed E-state index contributed by atoms with van der Waals surface area (Å²) in [7, 11) is 0. The molecule has 3 rings (SSSR count). The third-order valence-electron chi connectivity index (χ3n) is 3.61. The van der Waals surface area contributed by atoms with E-state index >= 15 is 0 Å². The highest BCUT2D eigenvalue weighted by Crippen LogP contribution is 2.38. The highest BCUT2D eigenvalue weighted by molar-refractivity contribution is 5.48. The first-order valence-electron chi connectivity index (χ1n) is 7.19. The van der Waals surface area contributed by atoms with Gasteiger partial charge in [-0.15, -0.1) is 0 Å². The Kier molecular flexibility index (Phi) is 3.54. The number of hydrogen-bond acceptors (Lipinski definition) is 4. The van der Waals surface area contributed by atoms with Crippen molar-refractivity contribution in [1.29, 1.82) is 0 Å². The molecule has 1 saturated carbocycles. The van der Waals surface area contributed by atoms with Gasteiger partial charge in [0.1, 0.15) is 17.5 Å². The van der Waals surface area contributed by atoms with Gasteiger partial charge in [-0.05, 0) is 25.3 Å². The molecule has 1 fully saturated rings. The minimum Gasteiger partial charge on any atom is -0.384 e. The summed E-state index contributed by atoms with van der Waals surface area (Å²) in [4.78, 5) is 11.3. The van der Waals surface area contributed by atoms with Crippen LogP contribution in [0.15, 0.2) is 36.4 Å². The van der Waals surface area contributed by atoms with Gasteiger partial charge >= 0.3 is 0 Å². The average Bonchev–Trinajstić information content (AvgIpc) is 3.30. The van der Waals surface area contributed by atoms with Gasteiger partial charge in [0.05, 0.1) is 0 Å². The summed E-state index contributed by atoms with van der Waals surface area (Å²) in [5.74, 6) is 2.94. The molecule has 0 bridgehead atoms. The van der Waals surface area contributed by atoms with Crippen molar-refractivity contribution < 1.29 is 0 Å². The Morgan fingerprint density at radius 3 is 2.60 bits per heavy atom. The second-order valence-corrected chi connectivity index (χ2v) is 5.28. The lowest BCUT2D eigenvalue weighted by Gasteiger charge is -2.22. The molecule has 2 N–H and O–H groups in total. The predicted molar refractivity (Wildman–Crippen MR) is 81.6 cm³/mol. The van der Waals surface area contributed by atoms with Crippen LogP contribution in [-0.2, 0) is 6.54 Å². The smallest absolute Gasteiger partial charge is 0.136 e. The molecule has 2 aromatic rings. The Hall–Kier alpha value is -2.10. The van der Waals surface area contributed by atoms with Crippen LogP contribution in [0.3, 0.4) is 0 Å². The van der Waals surface area contributed by atoms with Crippen LogP contribution in [0.2, 0.25) is 0 Å². The fourth-order valence-corrected chi connectivity index (χ4v) is 2.32. The molecule has 1 aromatic heterocycles. The Balaban J connectivity index is 1.85. The van der Waals surface area contributed by atoms with Gasteiger partial charge in [0.25, 0.3) is 0 Å². The Labute approximate surface area is 119 Å². The summed E-state index contributed by atoms with van der Waals surface area (Å²) < 4.78 is 0. The maximum atomic E-state index is 5.93. The van der Waals surface area contributed by atoms with E-state index in [9.17, 15) is 0 Å². The zero-order chi connectivity index (χ0) is 13.9. The number of nitrogens with two attached hydrogens (primary N) is 1. The first-order chi connectivity index (χ1) is 9.76. The second-order valence-electron chi connectivity index (χ2n) is 5.28. The first-order valence-corrected chi connectivity index (χ1v) is 7.19. The predicted octanol–water partition coefficient (Wildman–Crippen LogP) is 2.96. The normalized spacial score (nSPS) is 14.2. The molecule has 0 saturated heterocycles. The summed E-state index contributed by atoms with van der Waals surface area (Å²) in [6, 6.07) is 12.3. The van der Waals surface area contributed by atoms with E-state index in [0.717, 1.165) is 24.7 Å². The summed E-state index contributed by atoms with van der Waals surface area (Å²) >= 11 is 0. The molecule has 1 aromatic carbocycles. The molecule has 4 nitrogen and oxygen atoms in total. The van der Waals surface area contributed by atoms with Crippen molar-refractivity contribution >= 4 is 11.6 Å². The number of hydrogen-bond donors (Lipinski definition) is 1. The average molecular weight is 268 g/mol. The maximum Gasteiger partial charge on any atom is 0.136 e. The molecule has 0 aliphatic heterocycles. The van der Waals surface area contributed by atoms with Gasteiger partial charge in [-0.1, -0.05) is 30.3 Å². The van der Waals surface area contributed by atoms with E-state index in [2.05, 4.69) is 41.1 Å². The molecule has 1 heterocycles. The third kappa shape index (κ3) is 2.90. The van der Waals surface area contributed by atoms with Crippen LogP contribution >= 0.6 is 0 Å². The quantitative estimate of drug-likeness (QED) is 0.905. The zero-order valence-electron chi connectivity index (χ0n) is 11.8. The fraction of sp³-hybridized carbons (Fsp3) is 0.375. The van der Waals surface area contributed by atoms with Crippen molar-refractivity contribution in [3.8, 4) is 0 Å². The van der Waals surface area contributed by atoms with E-state index in [1.54, 1.807) is 0 Å². The highest BCUT2D eigenvalue weighted by Gasteiger charge is 2.27. The lowest BCUT2D eigenvalue weighted by atomic mass is 10.2. The lowest BCUT2D eigenvalue weighted by Crippen LogP contribution is -2.24. The number of rotatable bonds is 5. The minimum absolute atomic E-state index is 0.521. The molecule has 0 radical (unpaired) electrons. The van der Waals surface area contributed by atoms with Crippen molar-refractivity contribution in [3.05, 3.63) is 47.8 Å². The Morgan fingerprint density at radius 1 is 1.20 bits per heavy atom. The van der Waals surface area contributed by atoms with Gasteiger partial charge in [-0.2, -0.15) is 0 Å². The van der Waals surface area contributed by atoms with Crippen LogP contribution in [0.4, 0.5) is 11.6 Å². The van der Waals surface area contributed by atoms with Gasteiger partial charge in [0.2, 0.25) is 0 Å². The largest absolute Gasteiger partial charge is 0.384 e. The Bertz CT molecular complexity index is 578. The molecular formula is C16H20N4. The topological polar surface area (TPSA) is 55.0 Å². The molecule has 4 heteroatoms. The van der Waals surface area contributed by atoms with E-state index < -0.39 is 0 Å². The van der Waals surface area contributed by atoms with Crippen LogP contribution in [0, 0.1) is 0 Å². The van der Waals surface area contributed by atoms with E-state index in [1.165, 1.54) is 18.4 Å². The minimum atomic E-state index is 0.521. The highest BCUT2D eigenvalue weighted by atomic mass is 15.2. The molecule has 1 aliphatic carbocycles. The van der Waals surface area contributed by atoms with Gasteiger partial charge in [-0.25, -0.2) is 9.97 Å². The number of nitrogen functional groups attached to an aromatic ring is 1. The standard InChI is InChI=1S/C16H20N4/c1-2-20(11-12-6-4-3-5-7-12)15-10-14(17)18-16(19-15)13-8-9-13/h3-7,10,13H,2,8-9,11H2,1H3,(H2,17,18,19). The van der Waals surface area contributed by atoms with E-state index in [4.69, 9.17) is 10.7 Å². The number of aromatic nitrogens is 2. The van der Waals surface area contributed by atoms with Gasteiger partial charge in [-0.3, -0.25) is 0 Å². The van der Waals surface area contributed by atoms with Crippen molar-refractivity contribution in [2.45, 2.75) is 32.2 Å². The van der Waals surface area contributed by atoms with Crippen LogP contribution < -0.4 is 10.6 Å². The van der Waals surface area contributed by atoms with Gasteiger partial charge in [0.15, 0.2) is 0 Å². The second kappa shape index (κ2) is 5.49. The number of benzene rings is 1. The monoisotopic (exact) mass is 268 g/mol. The maximum absolute atomic E-state index is 5.93. The van der Waals surface area contributed by atoms with Gasteiger partial charge in [0, 0.05) is 25.1 Å². The van der Waals surface area contributed by atoms with E-state index in [0.29, 0.717) is 11.7 Å². The lowest BCUT2D eigenvalue weighted by molar-refractivity contribution is 0.796. The molecule has 0 spiro atoms. The van der Waals surface area contributed by atoms with Crippen molar-refractivity contribution in [2.75, 3.05) is 17.2 Å². The van der Waals surface area contributed by atoms with Crippen molar-refractivity contribution in [1.82, 2.24) is 9.97 Å². The van der Waals surface area contributed by atoms with Crippen LogP contribution in [0.25, 0.3) is 0 Å². The molecule has 0 unspecified atom stereocenters. The Morgan fingerprint density at radius 2 is 1.95 bits per heavy atom. The third-order valence-corrected chi connectivity index (χ3v) is 3.61. The molecule has 0 amide bonds. The van der Waals surface area contributed by atoms with Crippen molar-refractivity contribution in [3.63, 3.8) is 0 Å². The molecule has 1 aliphatic rings. The zero-order valence-corrected chi connectivity index (χ0v) is 11.8. The summed E-state index contributed by atoms with van der Waals surface area (Å²) in [6.45, 7) is 3.88. The SMILES string of the molecule is CCN(Cc1ccccc1)c1cc(N)nc(C2CC2)n1. The summed E-state index contributed by atoms with van der Waals surface area (Å²) in [5.41, 5.74) is 7.21. The molecule has 20 heavy (non-hydrogen) atoms. The molecule has 0 atom stereocenters. The summed E-state index contributed by atoms with van der Waals surface area (Å²) in [5, 5.41) is 0. The summed E-state index contributed by atoms with van der Waals surface area (Å²) in [6.07, 6.45) is 2.38. The number of nitrogens with zero attached hydrogens (tertiary/aromatic N) is 3. The first kappa shape index (κ1) is 12.9. The fourth-order valence-electron chi connectivity index (χ4n) is 2.32. The number of anilines is 2. The van der Waals surface area contributed by atoms with Gasteiger partial charge < -0.3 is 10.6 Å². The van der Waals surface area contributed by atoms with E-state index in [-0.39, 0.29) is 0 Å². The molecular weight excluding hydrogens is 248 g/mol. The van der Waals surface area contributed by atoms with E-state index in [1.807, 2.05) is 12.1 Å². The van der Waals surface area contributed by atoms with Crippen LogP contribution in [-0.4, -0.2) is 16.5 Å². The van der Waals surface area contributed by atoms with Crippen LogP contribution in [0.1, 0.15) is 37.1 Å².